The second kappa shape index (κ2) is 10.4. The molecule has 3 aromatic rings. The molecule has 10 heteroatoms. The Morgan fingerprint density at radius 3 is 2.59 bits per heavy atom. The van der Waals surface area contributed by atoms with Crippen LogP contribution in [-0.2, 0) is 17.0 Å². The van der Waals surface area contributed by atoms with E-state index >= 15 is 8.78 Å². The maximum absolute atomic E-state index is 15.3. The van der Waals surface area contributed by atoms with Gasteiger partial charge in [-0.05, 0) is 52.0 Å². The van der Waals surface area contributed by atoms with Crippen LogP contribution in [0.1, 0.15) is 60.8 Å². The molecule has 0 bridgehead atoms. The van der Waals surface area contributed by atoms with Crippen LogP contribution in [0.5, 0.6) is 5.75 Å². The van der Waals surface area contributed by atoms with Gasteiger partial charge < -0.3 is 19.7 Å². The Labute approximate surface area is 213 Å². The van der Waals surface area contributed by atoms with Crippen molar-refractivity contribution in [1.29, 1.82) is 0 Å². The summed E-state index contributed by atoms with van der Waals surface area (Å²) in [5.74, 6) is -0.876. The SMILES string of the molecule is CCN1Cc2c(ccnc2N[C@@H](C)c2cc(F)c(-c3cc(C(C)(C)F)c(OCOC)cn3)cc2F)C1=O. The molecule has 1 aliphatic heterocycles. The van der Waals surface area contributed by atoms with E-state index in [2.05, 4.69) is 15.3 Å². The lowest BCUT2D eigenvalue weighted by molar-refractivity contribution is 0.0477. The molecule has 0 saturated heterocycles. The van der Waals surface area contributed by atoms with Gasteiger partial charge in [0.05, 0.1) is 24.5 Å². The van der Waals surface area contributed by atoms with Gasteiger partial charge in [0.2, 0.25) is 0 Å². The fourth-order valence-corrected chi connectivity index (χ4v) is 4.33. The molecule has 0 spiro atoms. The van der Waals surface area contributed by atoms with Crippen molar-refractivity contribution in [2.24, 2.45) is 0 Å². The summed E-state index contributed by atoms with van der Waals surface area (Å²) >= 11 is 0. The molecular weight excluding hydrogens is 485 g/mol. The summed E-state index contributed by atoms with van der Waals surface area (Å²) in [6, 6.07) is 4.47. The standard InChI is InChI=1S/C27H29F3N4O3/c1-6-34-13-19-16(26(34)35)7-8-31-25(19)33-15(2)17-9-22(29)18(10-21(17)28)23-11-20(27(3,4)30)24(12-32-23)37-14-36-5/h7-12,15H,6,13-14H2,1-5H3,(H,31,33)/t15-/m0/s1. The van der Waals surface area contributed by atoms with Gasteiger partial charge in [-0.1, -0.05) is 0 Å². The lowest BCUT2D eigenvalue weighted by atomic mass is 9.96. The zero-order valence-electron chi connectivity index (χ0n) is 21.4. The van der Waals surface area contributed by atoms with Crippen LogP contribution in [0.4, 0.5) is 19.0 Å². The number of anilines is 1. The lowest BCUT2D eigenvalue weighted by Crippen LogP contribution is -2.22. The minimum atomic E-state index is -1.83. The molecular formula is C27H29F3N4O3. The highest BCUT2D eigenvalue weighted by Crippen LogP contribution is 2.37. The van der Waals surface area contributed by atoms with Crippen molar-refractivity contribution in [3.8, 4) is 17.0 Å². The zero-order chi connectivity index (χ0) is 26.9. The van der Waals surface area contributed by atoms with Crippen LogP contribution in [0.25, 0.3) is 11.3 Å². The number of alkyl halides is 1. The van der Waals surface area contributed by atoms with Crippen molar-refractivity contribution < 1.29 is 27.4 Å². The predicted molar refractivity (Wildman–Crippen MR) is 133 cm³/mol. The van der Waals surface area contributed by atoms with Crippen LogP contribution in [0.3, 0.4) is 0 Å². The lowest BCUT2D eigenvalue weighted by Gasteiger charge is -2.21. The molecule has 4 rings (SSSR count). The van der Waals surface area contributed by atoms with E-state index in [0.717, 1.165) is 17.7 Å². The van der Waals surface area contributed by atoms with Crippen LogP contribution in [0, 0.1) is 11.6 Å². The Morgan fingerprint density at radius 2 is 1.92 bits per heavy atom. The minimum Gasteiger partial charge on any atom is -0.466 e. The van der Waals surface area contributed by atoms with Gasteiger partial charge in [0.25, 0.3) is 5.91 Å². The fraction of sp³-hybridized carbons (Fsp3) is 0.370. The largest absolute Gasteiger partial charge is 0.466 e. The fourth-order valence-electron chi connectivity index (χ4n) is 4.33. The summed E-state index contributed by atoms with van der Waals surface area (Å²) in [6.45, 7) is 7.07. The molecule has 196 valence electrons. The van der Waals surface area contributed by atoms with E-state index in [0.29, 0.717) is 24.5 Å². The number of aromatic nitrogens is 2. The first-order chi connectivity index (χ1) is 17.5. The van der Waals surface area contributed by atoms with E-state index < -0.39 is 23.3 Å². The van der Waals surface area contributed by atoms with Crippen LogP contribution in [-0.4, -0.2) is 41.2 Å². The number of halogens is 3. The molecule has 1 N–H and O–H groups in total. The van der Waals surface area contributed by atoms with Gasteiger partial charge in [-0.25, -0.2) is 18.2 Å². The van der Waals surface area contributed by atoms with E-state index in [9.17, 15) is 9.18 Å². The van der Waals surface area contributed by atoms with E-state index in [1.165, 1.54) is 39.4 Å². The van der Waals surface area contributed by atoms with E-state index in [1.54, 1.807) is 17.9 Å². The molecule has 1 aliphatic rings. The number of nitrogens with zero attached hydrogens (tertiary/aromatic N) is 3. The molecule has 0 unspecified atom stereocenters. The number of carbonyl (C=O) groups excluding carboxylic acids is 1. The summed E-state index contributed by atoms with van der Waals surface area (Å²) < 4.78 is 55.7. The van der Waals surface area contributed by atoms with Crippen molar-refractivity contribution in [3.63, 3.8) is 0 Å². The molecule has 1 amide bonds. The summed E-state index contributed by atoms with van der Waals surface area (Å²) in [6.07, 6.45) is 2.78. The van der Waals surface area contributed by atoms with Crippen LogP contribution >= 0.6 is 0 Å². The van der Waals surface area contributed by atoms with Crippen molar-refractivity contribution in [1.82, 2.24) is 14.9 Å². The van der Waals surface area contributed by atoms with E-state index in [4.69, 9.17) is 9.47 Å². The smallest absolute Gasteiger partial charge is 0.254 e. The first kappa shape index (κ1) is 26.4. The van der Waals surface area contributed by atoms with Crippen molar-refractivity contribution in [2.45, 2.75) is 46.0 Å². The van der Waals surface area contributed by atoms with E-state index in [1.807, 2.05) is 6.92 Å². The Bertz CT molecular complexity index is 1330. The monoisotopic (exact) mass is 514 g/mol. The molecule has 0 saturated carbocycles. The normalized spacial score (nSPS) is 14.1. The average Bonchev–Trinajstić information content (AvgIpc) is 3.19. The highest BCUT2D eigenvalue weighted by atomic mass is 19.1. The van der Waals surface area contributed by atoms with Gasteiger partial charge in [-0.2, -0.15) is 0 Å². The third-order valence-corrected chi connectivity index (χ3v) is 6.33. The van der Waals surface area contributed by atoms with Gasteiger partial charge in [0.1, 0.15) is 28.9 Å². The van der Waals surface area contributed by atoms with Crippen molar-refractivity contribution in [2.75, 3.05) is 25.8 Å². The molecule has 1 aromatic carbocycles. The van der Waals surface area contributed by atoms with E-state index in [-0.39, 0.29) is 40.8 Å². The molecule has 2 aromatic heterocycles. The molecule has 0 aliphatic carbocycles. The number of ether oxygens (including phenoxy) is 2. The Hall–Kier alpha value is -3.66. The number of hydrogen-bond acceptors (Lipinski definition) is 6. The third-order valence-electron chi connectivity index (χ3n) is 6.33. The number of methoxy groups -OCH3 is 1. The second-order valence-corrected chi connectivity index (χ2v) is 9.31. The van der Waals surface area contributed by atoms with Gasteiger partial charge in [0, 0.05) is 47.7 Å². The Morgan fingerprint density at radius 1 is 1.16 bits per heavy atom. The topological polar surface area (TPSA) is 76.6 Å². The summed E-state index contributed by atoms with van der Waals surface area (Å²) in [4.78, 5) is 22.7. The maximum Gasteiger partial charge on any atom is 0.254 e. The third kappa shape index (κ3) is 5.24. The first-order valence-corrected chi connectivity index (χ1v) is 11.9. The number of hydrogen-bond donors (Lipinski definition) is 1. The number of benzene rings is 1. The van der Waals surface area contributed by atoms with Gasteiger partial charge in [-0.3, -0.25) is 9.78 Å². The molecule has 1 atom stereocenters. The van der Waals surface area contributed by atoms with Crippen LogP contribution in [0.2, 0.25) is 0 Å². The predicted octanol–water partition coefficient (Wildman–Crippen LogP) is 5.76. The number of rotatable bonds is 9. The highest BCUT2D eigenvalue weighted by Gasteiger charge is 2.30. The number of pyridine rings is 2. The highest BCUT2D eigenvalue weighted by molar-refractivity contribution is 5.99. The number of nitrogens with one attached hydrogen (secondary N) is 1. The number of fused-ring (bicyclic) bond motifs is 1. The first-order valence-electron chi connectivity index (χ1n) is 11.9. The summed E-state index contributed by atoms with van der Waals surface area (Å²) in [5, 5.41) is 3.12. The maximum atomic E-state index is 15.3. The van der Waals surface area contributed by atoms with Crippen LogP contribution in [0.15, 0.2) is 36.7 Å². The molecule has 37 heavy (non-hydrogen) atoms. The minimum absolute atomic E-state index is 0.0646. The molecule has 0 radical (unpaired) electrons. The summed E-state index contributed by atoms with van der Waals surface area (Å²) in [7, 11) is 1.43. The van der Waals surface area contributed by atoms with Crippen molar-refractivity contribution >= 4 is 11.7 Å². The Balaban J connectivity index is 1.64. The number of carbonyl (C=O) groups is 1. The Kier molecular flexibility index (Phi) is 7.40. The van der Waals surface area contributed by atoms with Crippen molar-refractivity contribution in [3.05, 3.63) is 70.5 Å². The van der Waals surface area contributed by atoms with Gasteiger partial charge in [-0.15, -0.1) is 0 Å². The second-order valence-electron chi connectivity index (χ2n) is 9.31. The quantitative estimate of drug-likeness (QED) is 0.366. The zero-order valence-corrected chi connectivity index (χ0v) is 21.4. The summed E-state index contributed by atoms with van der Waals surface area (Å²) in [5.41, 5.74) is -0.401. The van der Waals surface area contributed by atoms with Gasteiger partial charge >= 0.3 is 0 Å². The van der Waals surface area contributed by atoms with Crippen LogP contribution < -0.4 is 10.1 Å². The molecule has 3 heterocycles. The average molecular weight is 515 g/mol. The van der Waals surface area contributed by atoms with Gasteiger partial charge in [0.15, 0.2) is 6.79 Å². The molecule has 7 nitrogen and oxygen atoms in total. The molecule has 0 fully saturated rings. The number of amides is 1.